The van der Waals surface area contributed by atoms with Crippen LogP contribution in [0.25, 0.3) is 5.82 Å². The molecular formula is C15H16N4O4. The van der Waals surface area contributed by atoms with Crippen molar-refractivity contribution in [1.82, 2.24) is 14.1 Å². The van der Waals surface area contributed by atoms with Crippen LogP contribution in [0.1, 0.15) is 35.9 Å². The van der Waals surface area contributed by atoms with Crippen LogP contribution in [-0.4, -0.2) is 34.3 Å². The fourth-order valence-electron chi connectivity index (χ4n) is 2.19. The van der Waals surface area contributed by atoms with Crippen LogP contribution in [0.4, 0.5) is 0 Å². The fraction of sp³-hybridized carbons (Fsp3) is 0.333. The van der Waals surface area contributed by atoms with E-state index in [4.69, 9.17) is 14.7 Å². The van der Waals surface area contributed by atoms with E-state index in [-0.39, 0.29) is 23.1 Å². The molecule has 2 aromatic heterocycles. The first-order valence-electron chi connectivity index (χ1n) is 6.81. The van der Waals surface area contributed by atoms with Gasteiger partial charge in [0.05, 0.1) is 20.4 Å². The van der Waals surface area contributed by atoms with Crippen molar-refractivity contribution in [2.24, 2.45) is 0 Å². The van der Waals surface area contributed by atoms with Crippen LogP contribution >= 0.6 is 0 Å². The molecule has 0 aliphatic heterocycles. The summed E-state index contributed by atoms with van der Waals surface area (Å²) < 4.78 is 12.4. The van der Waals surface area contributed by atoms with Crippen molar-refractivity contribution in [3.05, 3.63) is 40.2 Å². The molecule has 2 rings (SSSR count). The second-order valence-corrected chi connectivity index (χ2v) is 4.98. The zero-order chi connectivity index (χ0) is 17.1. The van der Waals surface area contributed by atoms with Crippen LogP contribution < -0.4 is 10.4 Å². The van der Waals surface area contributed by atoms with Gasteiger partial charge in [0.2, 0.25) is 0 Å². The van der Waals surface area contributed by atoms with E-state index in [1.165, 1.54) is 41.8 Å². The third-order valence-electron chi connectivity index (χ3n) is 3.27. The first-order chi connectivity index (χ1) is 10.9. The van der Waals surface area contributed by atoms with Gasteiger partial charge in [-0.25, -0.2) is 14.6 Å². The third kappa shape index (κ3) is 2.81. The van der Waals surface area contributed by atoms with Crippen molar-refractivity contribution < 1.29 is 14.3 Å². The van der Waals surface area contributed by atoms with E-state index in [1.54, 1.807) is 13.8 Å². The number of hydrogen-bond acceptors (Lipinski definition) is 6. The minimum Gasteiger partial charge on any atom is -0.495 e. The number of ether oxygens (including phenoxy) is 2. The van der Waals surface area contributed by atoms with Crippen molar-refractivity contribution in [2.45, 2.75) is 19.9 Å². The molecule has 120 valence electrons. The molecule has 0 unspecified atom stereocenters. The Morgan fingerprint density at radius 1 is 1.39 bits per heavy atom. The molecule has 0 radical (unpaired) electrons. The van der Waals surface area contributed by atoms with Gasteiger partial charge in [-0.15, -0.1) is 0 Å². The molecule has 0 fully saturated rings. The van der Waals surface area contributed by atoms with E-state index >= 15 is 0 Å². The summed E-state index contributed by atoms with van der Waals surface area (Å²) in [5, 5.41) is 8.99. The highest BCUT2D eigenvalue weighted by molar-refractivity contribution is 5.87. The summed E-state index contributed by atoms with van der Waals surface area (Å²) in [6.45, 7) is 3.57. The highest BCUT2D eigenvalue weighted by atomic mass is 16.5. The lowest BCUT2D eigenvalue weighted by molar-refractivity contribution is 0.0586. The Kier molecular flexibility index (Phi) is 4.50. The molecule has 0 N–H and O–H groups in total. The highest BCUT2D eigenvalue weighted by Gasteiger charge is 2.21. The maximum atomic E-state index is 12.6. The van der Waals surface area contributed by atoms with Crippen molar-refractivity contribution in [1.29, 1.82) is 5.26 Å². The van der Waals surface area contributed by atoms with Gasteiger partial charge in [-0.3, -0.25) is 9.13 Å². The third-order valence-corrected chi connectivity index (χ3v) is 3.27. The largest absolute Gasteiger partial charge is 0.495 e. The summed E-state index contributed by atoms with van der Waals surface area (Å²) in [6.07, 6.45) is 2.67. The summed E-state index contributed by atoms with van der Waals surface area (Å²) in [6, 6.07) is 3.17. The number of pyridine rings is 1. The number of carbonyl (C=O) groups excluding carboxylic acids is 1. The zero-order valence-corrected chi connectivity index (χ0v) is 13.2. The lowest BCUT2D eigenvalue weighted by atomic mass is 10.3. The molecule has 0 aliphatic carbocycles. The summed E-state index contributed by atoms with van der Waals surface area (Å²) >= 11 is 0. The summed E-state index contributed by atoms with van der Waals surface area (Å²) in [7, 11) is 2.67. The second-order valence-electron chi connectivity index (χ2n) is 4.98. The number of aromatic nitrogens is 3. The van der Waals surface area contributed by atoms with Crippen LogP contribution in [0.2, 0.25) is 0 Å². The summed E-state index contributed by atoms with van der Waals surface area (Å²) in [4.78, 5) is 28.5. The van der Waals surface area contributed by atoms with Crippen molar-refractivity contribution >= 4 is 5.97 Å². The zero-order valence-electron chi connectivity index (χ0n) is 13.2. The van der Waals surface area contributed by atoms with Crippen LogP contribution in [0.5, 0.6) is 5.75 Å². The molecule has 0 aromatic carbocycles. The van der Waals surface area contributed by atoms with Gasteiger partial charge in [-0.2, -0.15) is 5.26 Å². The first kappa shape index (κ1) is 16.3. The Labute approximate surface area is 132 Å². The molecule has 0 bridgehead atoms. The van der Waals surface area contributed by atoms with Gasteiger partial charge >= 0.3 is 11.7 Å². The van der Waals surface area contributed by atoms with Crippen LogP contribution in [-0.2, 0) is 4.74 Å². The van der Waals surface area contributed by atoms with Crippen LogP contribution in [0.3, 0.4) is 0 Å². The smallest absolute Gasteiger partial charge is 0.356 e. The van der Waals surface area contributed by atoms with Crippen LogP contribution in [0, 0.1) is 11.3 Å². The molecular weight excluding hydrogens is 300 g/mol. The fourth-order valence-corrected chi connectivity index (χ4v) is 2.19. The average molecular weight is 316 g/mol. The molecule has 8 nitrogen and oxygen atoms in total. The van der Waals surface area contributed by atoms with E-state index in [9.17, 15) is 9.59 Å². The van der Waals surface area contributed by atoms with Crippen molar-refractivity contribution in [3.63, 3.8) is 0 Å². The standard InChI is InChI=1S/C15H16N4O4/c1-9(2)19-11(14(20)23-4)8-18(15(19)21)13-5-12(22-3)10(6-16)7-17-13/h5,7-9H,1-4H3. The summed E-state index contributed by atoms with van der Waals surface area (Å²) in [5.41, 5.74) is -0.0573. The average Bonchev–Trinajstić information content (AvgIpc) is 2.90. The maximum Gasteiger partial charge on any atom is 0.356 e. The molecule has 8 heteroatoms. The lowest BCUT2D eigenvalue weighted by Gasteiger charge is -2.08. The van der Waals surface area contributed by atoms with Gasteiger partial charge in [-0.1, -0.05) is 0 Å². The predicted octanol–water partition coefficient (Wildman–Crippen LogP) is 1.28. The molecule has 0 saturated heterocycles. The Bertz CT molecular complexity index is 842. The minimum absolute atomic E-state index is 0.123. The summed E-state index contributed by atoms with van der Waals surface area (Å²) in [5.74, 6) is -0.0770. The Hall–Kier alpha value is -3.08. The second kappa shape index (κ2) is 6.36. The van der Waals surface area contributed by atoms with E-state index in [0.717, 1.165) is 0 Å². The van der Waals surface area contributed by atoms with Gasteiger partial charge in [0.15, 0.2) is 0 Å². The Morgan fingerprint density at radius 2 is 2.09 bits per heavy atom. The van der Waals surface area contributed by atoms with E-state index < -0.39 is 11.7 Å². The molecule has 2 heterocycles. The Balaban J connectivity index is 2.68. The van der Waals surface area contributed by atoms with Gasteiger partial charge in [0, 0.05) is 18.3 Å². The first-order valence-corrected chi connectivity index (χ1v) is 6.81. The van der Waals surface area contributed by atoms with Gasteiger partial charge < -0.3 is 9.47 Å². The molecule has 23 heavy (non-hydrogen) atoms. The number of esters is 1. The molecule has 0 atom stereocenters. The number of rotatable bonds is 4. The number of hydrogen-bond donors (Lipinski definition) is 0. The predicted molar refractivity (Wildman–Crippen MR) is 80.8 cm³/mol. The van der Waals surface area contributed by atoms with Crippen molar-refractivity contribution in [2.75, 3.05) is 14.2 Å². The molecule has 0 aliphatic rings. The number of carbonyl (C=O) groups is 1. The van der Waals surface area contributed by atoms with Gasteiger partial charge in [-0.05, 0) is 13.8 Å². The lowest BCUT2D eigenvalue weighted by Crippen LogP contribution is -2.27. The number of imidazole rings is 1. The minimum atomic E-state index is -0.616. The molecule has 0 spiro atoms. The van der Waals surface area contributed by atoms with E-state index in [1.807, 2.05) is 6.07 Å². The van der Waals surface area contributed by atoms with Gasteiger partial charge in [0.1, 0.15) is 28.9 Å². The SMILES string of the molecule is COC(=O)c1cn(-c2cc(OC)c(C#N)cn2)c(=O)n1C(C)C. The molecule has 0 amide bonds. The highest BCUT2D eigenvalue weighted by Crippen LogP contribution is 2.19. The normalized spacial score (nSPS) is 10.4. The monoisotopic (exact) mass is 316 g/mol. The number of nitriles is 1. The maximum absolute atomic E-state index is 12.6. The molecule has 0 saturated carbocycles. The molecule has 2 aromatic rings. The van der Waals surface area contributed by atoms with E-state index in [2.05, 4.69) is 4.98 Å². The number of nitrogens with zero attached hydrogens (tertiary/aromatic N) is 4. The van der Waals surface area contributed by atoms with E-state index in [0.29, 0.717) is 5.75 Å². The Morgan fingerprint density at radius 3 is 2.61 bits per heavy atom. The van der Waals surface area contributed by atoms with Crippen LogP contribution in [0.15, 0.2) is 23.3 Å². The topological polar surface area (TPSA) is 99.1 Å². The quantitative estimate of drug-likeness (QED) is 0.788. The van der Waals surface area contributed by atoms with Crippen molar-refractivity contribution in [3.8, 4) is 17.6 Å². The number of methoxy groups -OCH3 is 2. The van der Waals surface area contributed by atoms with Gasteiger partial charge in [0.25, 0.3) is 0 Å².